The smallest absolute Gasteiger partial charge is 0.332 e. The molecule has 2 fully saturated rings. The second-order valence-corrected chi connectivity index (χ2v) is 7.28. The van der Waals surface area contributed by atoms with Gasteiger partial charge in [0.25, 0.3) is 0 Å². The molecule has 0 saturated carbocycles. The number of carbonyl (C=O) groups excluding carboxylic acids is 1. The van der Waals surface area contributed by atoms with Crippen molar-refractivity contribution in [3.63, 3.8) is 0 Å². The zero-order valence-corrected chi connectivity index (χ0v) is 13.1. The number of aliphatic hydroxyl groups is 1. The first-order valence-corrected chi connectivity index (χ1v) is 8.08. The highest BCUT2D eigenvalue weighted by molar-refractivity contribution is 5.90. The summed E-state index contributed by atoms with van der Waals surface area (Å²) < 4.78 is 5.83. The molecule has 1 N–H and O–H groups in total. The average molecular weight is 299 g/mol. The molecule has 4 nitrogen and oxygen atoms in total. The van der Waals surface area contributed by atoms with E-state index >= 15 is 0 Å². The van der Waals surface area contributed by atoms with Crippen molar-refractivity contribution in [1.29, 1.82) is 0 Å². The summed E-state index contributed by atoms with van der Waals surface area (Å²) in [5, 5.41) is 9.86. The summed E-state index contributed by atoms with van der Waals surface area (Å²) >= 11 is 0. The van der Waals surface area contributed by atoms with E-state index in [1.165, 1.54) is 12.8 Å². The number of hydrogen-bond acceptors (Lipinski definition) is 4. The number of fused-ring (bicyclic) bond motifs is 3. The van der Waals surface area contributed by atoms with Crippen LogP contribution in [0.3, 0.4) is 0 Å². The number of piperidine rings is 1. The molecule has 4 aliphatic rings. The van der Waals surface area contributed by atoms with Crippen LogP contribution in [0.4, 0.5) is 0 Å². The van der Waals surface area contributed by atoms with Crippen molar-refractivity contribution in [3.05, 3.63) is 23.3 Å². The van der Waals surface area contributed by atoms with E-state index in [1.807, 2.05) is 0 Å². The Hall–Kier alpha value is -1.57. The Bertz CT molecular complexity index is 658. The van der Waals surface area contributed by atoms with E-state index in [-0.39, 0.29) is 12.0 Å². The van der Waals surface area contributed by atoms with Crippen LogP contribution in [0.5, 0.6) is 0 Å². The molecule has 1 aliphatic carbocycles. The van der Waals surface area contributed by atoms with Crippen molar-refractivity contribution < 1.29 is 14.6 Å². The van der Waals surface area contributed by atoms with Crippen LogP contribution in [-0.4, -0.2) is 45.8 Å². The van der Waals surface area contributed by atoms with Gasteiger partial charge in [0.1, 0.15) is 5.60 Å². The molecule has 116 valence electrons. The fourth-order valence-corrected chi connectivity index (χ4v) is 4.39. The van der Waals surface area contributed by atoms with Gasteiger partial charge in [-0.25, -0.2) is 4.79 Å². The predicted octanol–water partition coefficient (Wildman–Crippen LogP) is 1.55. The minimum absolute atomic E-state index is 0.251. The lowest BCUT2D eigenvalue weighted by atomic mass is 9.77. The van der Waals surface area contributed by atoms with Crippen molar-refractivity contribution in [2.45, 2.75) is 62.8 Å². The fourth-order valence-electron chi connectivity index (χ4n) is 4.39. The zero-order valence-electron chi connectivity index (χ0n) is 13.1. The summed E-state index contributed by atoms with van der Waals surface area (Å²) in [7, 11) is 0. The maximum absolute atomic E-state index is 12.0. The number of ether oxygens (including phenoxy) is 1. The molecule has 3 heterocycles. The van der Waals surface area contributed by atoms with Crippen LogP contribution in [0.1, 0.15) is 39.5 Å². The molecule has 0 aromatic rings. The van der Waals surface area contributed by atoms with Gasteiger partial charge in [0.15, 0.2) is 5.60 Å². The van der Waals surface area contributed by atoms with Crippen molar-refractivity contribution in [1.82, 2.24) is 4.90 Å². The Balaban J connectivity index is 1.80. The first kappa shape index (κ1) is 14.0. The summed E-state index contributed by atoms with van der Waals surface area (Å²) in [4.78, 5) is 14.5. The highest BCUT2D eigenvalue weighted by atomic mass is 16.6. The molecular formula is C18H21NO3. The van der Waals surface area contributed by atoms with Gasteiger partial charge in [0, 0.05) is 29.7 Å². The van der Waals surface area contributed by atoms with E-state index in [0.717, 1.165) is 30.5 Å². The van der Waals surface area contributed by atoms with E-state index in [4.69, 9.17) is 4.74 Å². The van der Waals surface area contributed by atoms with E-state index in [9.17, 15) is 9.90 Å². The summed E-state index contributed by atoms with van der Waals surface area (Å²) in [6.45, 7) is 4.40. The van der Waals surface area contributed by atoms with Crippen LogP contribution in [0, 0.1) is 11.8 Å². The highest BCUT2D eigenvalue weighted by Crippen LogP contribution is 2.53. The van der Waals surface area contributed by atoms with E-state index in [2.05, 4.69) is 22.8 Å². The third-order valence-electron chi connectivity index (χ3n) is 5.17. The minimum Gasteiger partial charge on any atom is -0.449 e. The molecule has 1 spiro atoms. The van der Waals surface area contributed by atoms with E-state index in [0.29, 0.717) is 6.04 Å². The lowest BCUT2D eigenvalue weighted by molar-refractivity contribution is -0.148. The Morgan fingerprint density at radius 2 is 2.27 bits per heavy atom. The first-order valence-electron chi connectivity index (χ1n) is 8.08. The fraction of sp³-hybridized carbons (Fsp3) is 0.611. The molecule has 22 heavy (non-hydrogen) atoms. The van der Waals surface area contributed by atoms with Crippen LogP contribution >= 0.6 is 0 Å². The second kappa shape index (κ2) is 4.47. The molecule has 3 aliphatic heterocycles. The maximum Gasteiger partial charge on any atom is 0.332 e. The molecule has 3 atom stereocenters. The highest BCUT2D eigenvalue weighted by Gasteiger charge is 2.61. The lowest BCUT2D eigenvalue weighted by Gasteiger charge is -2.38. The summed E-state index contributed by atoms with van der Waals surface area (Å²) in [5.41, 5.74) is 0.251. The molecule has 0 amide bonds. The first-order chi connectivity index (χ1) is 10.4. The SMILES string of the molecule is CC(C)(O)C#CC1=C[C@@H]2C[C@@]3(OC(=O)C=C13)[C@H]1CCCCN21. The molecule has 2 bridgehead atoms. The van der Waals surface area contributed by atoms with Crippen molar-refractivity contribution in [3.8, 4) is 11.8 Å². The van der Waals surface area contributed by atoms with Crippen LogP contribution in [0.15, 0.2) is 23.3 Å². The molecule has 0 unspecified atom stereocenters. The van der Waals surface area contributed by atoms with Gasteiger partial charge in [-0.2, -0.15) is 0 Å². The van der Waals surface area contributed by atoms with Crippen LogP contribution in [0.2, 0.25) is 0 Å². The van der Waals surface area contributed by atoms with Crippen molar-refractivity contribution >= 4 is 5.97 Å². The number of esters is 1. The van der Waals surface area contributed by atoms with Crippen molar-refractivity contribution in [2.75, 3.05) is 6.54 Å². The number of rotatable bonds is 0. The Morgan fingerprint density at radius 3 is 3.05 bits per heavy atom. The van der Waals surface area contributed by atoms with Gasteiger partial charge in [0.05, 0.1) is 6.04 Å². The largest absolute Gasteiger partial charge is 0.449 e. The molecule has 4 rings (SSSR count). The zero-order chi connectivity index (χ0) is 15.5. The predicted molar refractivity (Wildman–Crippen MR) is 81.8 cm³/mol. The topological polar surface area (TPSA) is 49.8 Å². The molecule has 0 aromatic carbocycles. The lowest BCUT2D eigenvalue weighted by Crippen LogP contribution is -2.48. The Kier molecular flexibility index (Phi) is 2.85. The van der Waals surface area contributed by atoms with Gasteiger partial charge in [0.2, 0.25) is 0 Å². The molecule has 4 heteroatoms. The average Bonchev–Trinajstić information content (AvgIpc) is 2.92. The maximum atomic E-state index is 12.0. The second-order valence-electron chi connectivity index (χ2n) is 7.28. The van der Waals surface area contributed by atoms with Gasteiger partial charge in [-0.3, -0.25) is 4.90 Å². The van der Waals surface area contributed by atoms with Gasteiger partial charge in [-0.05, 0) is 33.2 Å². The van der Waals surface area contributed by atoms with Crippen LogP contribution in [-0.2, 0) is 9.53 Å². The van der Waals surface area contributed by atoms with E-state index < -0.39 is 11.2 Å². The minimum atomic E-state index is -1.04. The molecule has 0 aromatic heterocycles. The number of hydrogen-bond donors (Lipinski definition) is 1. The van der Waals surface area contributed by atoms with Gasteiger partial charge in [-0.1, -0.05) is 24.3 Å². The normalized spacial score (nSPS) is 36.6. The van der Waals surface area contributed by atoms with Gasteiger partial charge in [-0.15, -0.1) is 0 Å². The van der Waals surface area contributed by atoms with Gasteiger partial charge >= 0.3 is 5.97 Å². The molecule has 0 radical (unpaired) electrons. The van der Waals surface area contributed by atoms with Crippen LogP contribution in [0.25, 0.3) is 0 Å². The standard InChI is InChI=1S/C18H21NO3/c1-17(2,21)7-6-12-9-13-11-18(14(12)10-16(20)22-18)15-5-3-4-8-19(13)15/h9-10,13,15,21H,3-5,8,11H2,1-2H3/t13-,15-,18+/m1/s1. The quantitative estimate of drug-likeness (QED) is 0.545. The van der Waals surface area contributed by atoms with Crippen molar-refractivity contribution in [2.24, 2.45) is 0 Å². The summed E-state index contributed by atoms with van der Waals surface area (Å²) in [6.07, 6.45) is 8.08. The monoisotopic (exact) mass is 299 g/mol. The molecular weight excluding hydrogens is 278 g/mol. The van der Waals surface area contributed by atoms with Gasteiger partial charge < -0.3 is 9.84 Å². The molecule has 2 saturated heterocycles. The van der Waals surface area contributed by atoms with E-state index in [1.54, 1.807) is 19.9 Å². The third kappa shape index (κ3) is 1.96. The number of carbonyl (C=O) groups is 1. The summed E-state index contributed by atoms with van der Waals surface area (Å²) in [6, 6.07) is 0.570. The Labute approximate surface area is 130 Å². The summed E-state index contributed by atoms with van der Waals surface area (Å²) in [5.74, 6) is 5.72. The van der Waals surface area contributed by atoms with Crippen LogP contribution < -0.4 is 0 Å². The Morgan fingerprint density at radius 1 is 1.45 bits per heavy atom. The third-order valence-corrected chi connectivity index (χ3v) is 5.17. The number of nitrogens with zero attached hydrogens (tertiary/aromatic N) is 1.